The molecule has 2 saturated carbocycles. The van der Waals surface area contributed by atoms with E-state index in [1.807, 2.05) is 0 Å². The predicted octanol–water partition coefficient (Wildman–Crippen LogP) is 1.04. The quantitative estimate of drug-likeness (QED) is 0.725. The topological polar surface area (TPSA) is 41.1 Å². The van der Waals surface area contributed by atoms with Crippen LogP contribution in [-0.2, 0) is 4.79 Å². The highest BCUT2D eigenvalue weighted by molar-refractivity contribution is 5.76. The summed E-state index contributed by atoms with van der Waals surface area (Å²) in [6.45, 7) is 2.01. The maximum atomic E-state index is 11.6. The number of hydrogen-bond donors (Lipinski definition) is 2. The SMILES string of the molecule is O=C(CC1CC1)NCC12CCC1CCN2. The fourth-order valence-corrected chi connectivity index (χ4v) is 3.05. The van der Waals surface area contributed by atoms with Gasteiger partial charge in [0, 0.05) is 18.5 Å². The van der Waals surface area contributed by atoms with Gasteiger partial charge in [-0.3, -0.25) is 4.79 Å². The fourth-order valence-electron chi connectivity index (χ4n) is 3.05. The lowest BCUT2D eigenvalue weighted by Crippen LogP contribution is -2.59. The zero-order valence-corrected chi connectivity index (χ0v) is 9.22. The molecule has 3 aliphatic rings. The number of rotatable bonds is 4. The van der Waals surface area contributed by atoms with Gasteiger partial charge in [0.2, 0.25) is 5.91 Å². The minimum Gasteiger partial charge on any atom is -0.354 e. The largest absolute Gasteiger partial charge is 0.354 e. The monoisotopic (exact) mass is 208 g/mol. The Bertz CT molecular complexity index is 275. The number of hydrogen-bond acceptors (Lipinski definition) is 2. The standard InChI is InChI=1S/C12H20N2O/c15-11(7-9-1-2-9)13-8-12-5-3-10(12)4-6-14-12/h9-10,14H,1-8H2,(H,13,15). The second-order valence-electron chi connectivity index (χ2n) is 5.53. The molecular weight excluding hydrogens is 188 g/mol. The van der Waals surface area contributed by atoms with Gasteiger partial charge in [-0.2, -0.15) is 0 Å². The highest BCUT2D eigenvalue weighted by atomic mass is 16.1. The predicted molar refractivity (Wildman–Crippen MR) is 58.4 cm³/mol. The molecule has 2 N–H and O–H groups in total. The molecule has 0 spiro atoms. The molecule has 0 aromatic carbocycles. The summed E-state index contributed by atoms with van der Waals surface area (Å²) in [6.07, 6.45) is 7.20. The van der Waals surface area contributed by atoms with E-state index >= 15 is 0 Å². The van der Waals surface area contributed by atoms with E-state index in [4.69, 9.17) is 0 Å². The second kappa shape index (κ2) is 3.48. The molecule has 3 fully saturated rings. The first-order valence-electron chi connectivity index (χ1n) is 6.30. The van der Waals surface area contributed by atoms with Crippen molar-refractivity contribution < 1.29 is 4.79 Å². The van der Waals surface area contributed by atoms with Gasteiger partial charge in [-0.1, -0.05) is 0 Å². The Morgan fingerprint density at radius 1 is 1.33 bits per heavy atom. The Morgan fingerprint density at radius 3 is 2.80 bits per heavy atom. The van der Waals surface area contributed by atoms with Gasteiger partial charge >= 0.3 is 0 Å². The summed E-state index contributed by atoms with van der Waals surface area (Å²) >= 11 is 0. The first-order valence-corrected chi connectivity index (χ1v) is 6.30. The van der Waals surface area contributed by atoms with Crippen LogP contribution in [0, 0.1) is 11.8 Å². The lowest BCUT2D eigenvalue weighted by molar-refractivity contribution is -0.122. The molecule has 2 atom stereocenters. The van der Waals surface area contributed by atoms with E-state index in [2.05, 4.69) is 10.6 Å². The second-order valence-corrected chi connectivity index (χ2v) is 5.53. The van der Waals surface area contributed by atoms with E-state index in [0.29, 0.717) is 11.5 Å². The van der Waals surface area contributed by atoms with Crippen LogP contribution in [0.4, 0.5) is 0 Å². The molecule has 2 unspecified atom stereocenters. The van der Waals surface area contributed by atoms with Crippen molar-refractivity contribution in [2.45, 2.75) is 44.1 Å². The van der Waals surface area contributed by atoms with Crippen LogP contribution < -0.4 is 10.6 Å². The summed E-state index contributed by atoms with van der Waals surface area (Å²) in [6, 6.07) is 0. The molecule has 1 aliphatic heterocycles. The van der Waals surface area contributed by atoms with E-state index in [-0.39, 0.29) is 5.91 Å². The number of amides is 1. The molecular formula is C12H20N2O. The molecule has 15 heavy (non-hydrogen) atoms. The molecule has 3 rings (SSSR count). The Labute approximate surface area is 91.0 Å². The molecule has 0 radical (unpaired) electrons. The number of carbonyl (C=O) groups is 1. The van der Waals surface area contributed by atoms with Crippen molar-refractivity contribution >= 4 is 5.91 Å². The van der Waals surface area contributed by atoms with Gasteiger partial charge < -0.3 is 10.6 Å². The van der Waals surface area contributed by atoms with E-state index in [0.717, 1.165) is 25.4 Å². The van der Waals surface area contributed by atoms with Gasteiger partial charge in [0.05, 0.1) is 0 Å². The minimum atomic E-state index is 0.270. The van der Waals surface area contributed by atoms with E-state index < -0.39 is 0 Å². The van der Waals surface area contributed by atoms with Crippen molar-refractivity contribution in [1.29, 1.82) is 0 Å². The first-order chi connectivity index (χ1) is 7.28. The van der Waals surface area contributed by atoms with Gasteiger partial charge in [0.15, 0.2) is 0 Å². The van der Waals surface area contributed by atoms with E-state index in [1.54, 1.807) is 0 Å². The van der Waals surface area contributed by atoms with Crippen LogP contribution in [0.2, 0.25) is 0 Å². The van der Waals surface area contributed by atoms with Crippen molar-refractivity contribution in [1.82, 2.24) is 10.6 Å². The average molecular weight is 208 g/mol. The third-order valence-electron chi connectivity index (χ3n) is 4.46. The Morgan fingerprint density at radius 2 is 2.20 bits per heavy atom. The lowest BCUT2D eigenvalue weighted by Gasteiger charge is -2.45. The van der Waals surface area contributed by atoms with Crippen molar-refractivity contribution in [3.63, 3.8) is 0 Å². The third kappa shape index (κ3) is 1.78. The summed E-state index contributed by atoms with van der Waals surface area (Å²) in [5.74, 6) is 1.81. The molecule has 0 bridgehead atoms. The van der Waals surface area contributed by atoms with Crippen LogP contribution in [0.15, 0.2) is 0 Å². The summed E-state index contributed by atoms with van der Waals surface area (Å²) in [5.41, 5.74) is 0.291. The van der Waals surface area contributed by atoms with Crippen LogP contribution >= 0.6 is 0 Å². The summed E-state index contributed by atoms with van der Waals surface area (Å²) < 4.78 is 0. The van der Waals surface area contributed by atoms with E-state index in [9.17, 15) is 4.79 Å². The third-order valence-corrected chi connectivity index (χ3v) is 4.46. The van der Waals surface area contributed by atoms with Gasteiger partial charge in [-0.25, -0.2) is 0 Å². The van der Waals surface area contributed by atoms with Crippen LogP contribution in [0.3, 0.4) is 0 Å². The molecule has 1 heterocycles. The van der Waals surface area contributed by atoms with Crippen molar-refractivity contribution in [2.75, 3.05) is 13.1 Å². The molecule has 84 valence electrons. The number of carbonyl (C=O) groups excluding carboxylic acids is 1. The zero-order valence-electron chi connectivity index (χ0n) is 9.22. The molecule has 1 amide bonds. The van der Waals surface area contributed by atoms with Gasteiger partial charge in [-0.15, -0.1) is 0 Å². The number of fused-ring (bicyclic) bond motifs is 1. The molecule has 0 aromatic heterocycles. The molecule has 1 saturated heterocycles. The lowest BCUT2D eigenvalue weighted by atomic mass is 9.68. The average Bonchev–Trinajstić information content (AvgIpc) is 2.94. The highest BCUT2D eigenvalue weighted by Crippen LogP contribution is 2.44. The smallest absolute Gasteiger partial charge is 0.220 e. The number of nitrogens with one attached hydrogen (secondary N) is 2. The zero-order chi connectivity index (χ0) is 10.3. The van der Waals surface area contributed by atoms with Crippen LogP contribution in [0.1, 0.15) is 38.5 Å². The van der Waals surface area contributed by atoms with E-state index in [1.165, 1.54) is 32.1 Å². The molecule has 2 aliphatic carbocycles. The summed E-state index contributed by atoms with van der Waals surface area (Å²) in [5, 5.41) is 6.70. The Balaban J connectivity index is 1.46. The van der Waals surface area contributed by atoms with Crippen molar-refractivity contribution in [3.05, 3.63) is 0 Å². The normalized spacial score (nSPS) is 38.3. The maximum Gasteiger partial charge on any atom is 0.220 e. The van der Waals surface area contributed by atoms with Crippen molar-refractivity contribution in [2.24, 2.45) is 11.8 Å². The molecule has 0 aromatic rings. The van der Waals surface area contributed by atoms with Crippen LogP contribution in [0.5, 0.6) is 0 Å². The minimum absolute atomic E-state index is 0.270. The Kier molecular flexibility index (Phi) is 2.23. The highest BCUT2D eigenvalue weighted by Gasteiger charge is 2.49. The molecule has 3 heteroatoms. The van der Waals surface area contributed by atoms with Gasteiger partial charge in [0.1, 0.15) is 0 Å². The fraction of sp³-hybridized carbons (Fsp3) is 0.917. The Hall–Kier alpha value is -0.570. The van der Waals surface area contributed by atoms with Crippen molar-refractivity contribution in [3.8, 4) is 0 Å². The van der Waals surface area contributed by atoms with Crippen LogP contribution in [0.25, 0.3) is 0 Å². The molecule has 3 nitrogen and oxygen atoms in total. The van der Waals surface area contributed by atoms with Gasteiger partial charge in [0.25, 0.3) is 0 Å². The summed E-state index contributed by atoms with van der Waals surface area (Å²) in [4.78, 5) is 11.6. The first kappa shape index (κ1) is 9.64. The van der Waals surface area contributed by atoms with Gasteiger partial charge in [-0.05, 0) is 50.5 Å². The maximum absolute atomic E-state index is 11.6. The van der Waals surface area contributed by atoms with Crippen LogP contribution in [-0.4, -0.2) is 24.5 Å². The summed E-state index contributed by atoms with van der Waals surface area (Å²) in [7, 11) is 0.